The van der Waals surface area contributed by atoms with E-state index in [9.17, 15) is 13.6 Å². The molecule has 1 aromatic rings. The summed E-state index contributed by atoms with van der Waals surface area (Å²) in [6.07, 6.45) is 1.89. The Labute approximate surface area is 144 Å². The Bertz CT molecular complexity index is 593. The molecule has 10 heteroatoms. The molecule has 1 aliphatic carbocycles. The minimum atomic E-state index is -2.78. The van der Waals surface area contributed by atoms with Crippen molar-refractivity contribution in [2.75, 3.05) is 13.1 Å². The molecule has 3 heterocycles. The first kappa shape index (κ1) is 18.4. The van der Waals surface area contributed by atoms with Crippen LogP contribution in [-0.2, 0) is 17.9 Å². The van der Waals surface area contributed by atoms with Crippen molar-refractivity contribution in [3.05, 3.63) is 11.6 Å². The van der Waals surface area contributed by atoms with Gasteiger partial charge in [0.25, 0.3) is 5.92 Å². The van der Waals surface area contributed by atoms with Gasteiger partial charge in [-0.05, 0) is 12.8 Å². The monoisotopic (exact) mass is 369 g/mol. The van der Waals surface area contributed by atoms with E-state index >= 15 is 0 Å². The van der Waals surface area contributed by atoms with Crippen molar-refractivity contribution in [3.8, 4) is 0 Å². The normalized spacial score (nSPS) is 25.3. The third-order valence-corrected chi connectivity index (χ3v) is 4.44. The van der Waals surface area contributed by atoms with E-state index in [0.29, 0.717) is 25.6 Å². The zero-order chi connectivity index (χ0) is 14.6. The molecule has 1 saturated carbocycles. The fourth-order valence-corrected chi connectivity index (χ4v) is 3.12. The minimum Gasteiger partial charge on any atom is -0.332 e. The summed E-state index contributed by atoms with van der Waals surface area (Å²) in [7, 11) is 0. The zero-order valence-corrected chi connectivity index (χ0v) is 14.0. The number of amides is 1. The highest BCUT2D eigenvalue weighted by atomic mass is 35.5. The maximum absolute atomic E-state index is 13.2. The molecule has 130 valence electrons. The maximum Gasteiger partial charge on any atom is 0.262 e. The average Bonchev–Trinajstić information content (AvgIpc) is 3.11. The van der Waals surface area contributed by atoms with Gasteiger partial charge in [-0.2, -0.15) is 0 Å². The summed E-state index contributed by atoms with van der Waals surface area (Å²) in [5, 5.41) is 11.0. The van der Waals surface area contributed by atoms with Gasteiger partial charge < -0.3 is 9.47 Å². The summed E-state index contributed by atoms with van der Waals surface area (Å²) in [5.41, 5.74) is 0. The Balaban J connectivity index is 0.000000960. The van der Waals surface area contributed by atoms with Crippen LogP contribution in [0, 0.1) is 0 Å². The number of nitrogens with zero attached hydrogens (tertiary/aromatic N) is 4. The number of halogens is 4. The number of hydrogen-bond acceptors (Lipinski definition) is 4. The van der Waals surface area contributed by atoms with Gasteiger partial charge in [0.1, 0.15) is 5.82 Å². The quantitative estimate of drug-likeness (QED) is 0.854. The van der Waals surface area contributed by atoms with Gasteiger partial charge in [0.15, 0.2) is 5.82 Å². The third kappa shape index (κ3) is 3.44. The molecular formula is C13H19Cl2F2N5O. The van der Waals surface area contributed by atoms with Crippen molar-refractivity contribution in [2.24, 2.45) is 0 Å². The van der Waals surface area contributed by atoms with Crippen molar-refractivity contribution in [3.63, 3.8) is 0 Å². The van der Waals surface area contributed by atoms with Gasteiger partial charge in [-0.3, -0.25) is 10.1 Å². The molecule has 1 amide bonds. The van der Waals surface area contributed by atoms with Crippen LogP contribution in [0.15, 0.2) is 0 Å². The highest BCUT2D eigenvalue weighted by Gasteiger charge is 2.44. The van der Waals surface area contributed by atoms with Gasteiger partial charge in [0, 0.05) is 25.4 Å². The molecule has 0 radical (unpaired) electrons. The molecule has 6 nitrogen and oxygen atoms in total. The molecular weight excluding hydrogens is 351 g/mol. The largest absolute Gasteiger partial charge is 0.332 e. The van der Waals surface area contributed by atoms with E-state index in [1.807, 2.05) is 0 Å². The molecule has 23 heavy (non-hydrogen) atoms. The summed E-state index contributed by atoms with van der Waals surface area (Å²) in [4.78, 5) is 13.9. The number of fused-ring (bicyclic) bond motifs is 1. The smallest absolute Gasteiger partial charge is 0.262 e. The number of rotatable bonds is 2. The molecule has 2 fully saturated rings. The summed E-state index contributed by atoms with van der Waals surface area (Å²) in [6.45, 7) is 1.14. The Morgan fingerprint density at radius 1 is 1.22 bits per heavy atom. The second-order valence-electron chi connectivity index (χ2n) is 6.15. The first-order valence-electron chi connectivity index (χ1n) is 7.35. The third-order valence-electron chi connectivity index (χ3n) is 4.44. The lowest BCUT2D eigenvalue weighted by molar-refractivity contribution is -0.135. The SMILES string of the molecule is Cl.Cl.O=C(C1CC(F)(F)CN1)N1CCn2c(nnc2C2CC2)C1. The van der Waals surface area contributed by atoms with E-state index in [4.69, 9.17) is 0 Å². The number of carbonyl (C=O) groups is 1. The van der Waals surface area contributed by atoms with Crippen molar-refractivity contribution >= 4 is 30.7 Å². The van der Waals surface area contributed by atoms with Crippen LogP contribution >= 0.6 is 24.8 Å². The van der Waals surface area contributed by atoms with Crippen LogP contribution in [0.2, 0.25) is 0 Å². The molecule has 1 saturated heterocycles. The topological polar surface area (TPSA) is 63.1 Å². The van der Waals surface area contributed by atoms with Crippen LogP contribution in [0.3, 0.4) is 0 Å². The van der Waals surface area contributed by atoms with Crippen LogP contribution < -0.4 is 5.32 Å². The van der Waals surface area contributed by atoms with Gasteiger partial charge in [-0.1, -0.05) is 0 Å². The molecule has 3 aliphatic rings. The zero-order valence-electron chi connectivity index (χ0n) is 12.4. The first-order chi connectivity index (χ1) is 10.0. The lowest BCUT2D eigenvalue weighted by atomic mass is 10.1. The second kappa shape index (κ2) is 6.49. The van der Waals surface area contributed by atoms with Gasteiger partial charge in [-0.25, -0.2) is 8.78 Å². The number of nitrogens with one attached hydrogen (secondary N) is 1. The molecule has 4 rings (SSSR count). The van der Waals surface area contributed by atoms with Crippen molar-refractivity contribution < 1.29 is 13.6 Å². The second-order valence-corrected chi connectivity index (χ2v) is 6.15. The number of aromatic nitrogens is 3. The highest BCUT2D eigenvalue weighted by molar-refractivity contribution is 5.85. The van der Waals surface area contributed by atoms with E-state index in [-0.39, 0.29) is 30.7 Å². The summed E-state index contributed by atoms with van der Waals surface area (Å²) in [6, 6.07) is -0.780. The van der Waals surface area contributed by atoms with Crippen LogP contribution in [0.1, 0.15) is 36.8 Å². The number of carbonyl (C=O) groups excluding carboxylic acids is 1. The maximum atomic E-state index is 13.2. The van der Waals surface area contributed by atoms with Gasteiger partial charge in [-0.15, -0.1) is 35.0 Å². The van der Waals surface area contributed by atoms with E-state index < -0.39 is 24.9 Å². The molecule has 0 aromatic carbocycles. The van der Waals surface area contributed by atoms with Gasteiger partial charge >= 0.3 is 0 Å². The number of hydrogen-bond donors (Lipinski definition) is 1. The lowest BCUT2D eigenvalue weighted by Crippen LogP contribution is -2.46. The van der Waals surface area contributed by atoms with Gasteiger partial charge in [0.2, 0.25) is 5.91 Å². The minimum absolute atomic E-state index is 0. The predicted octanol–water partition coefficient (Wildman–Crippen LogP) is 1.34. The molecule has 1 aromatic heterocycles. The summed E-state index contributed by atoms with van der Waals surface area (Å²) in [5.74, 6) is -0.739. The van der Waals surface area contributed by atoms with Crippen molar-refractivity contribution in [2.45, 2.75) is 50.2 Å². The Kier molecular flexibility index (Phi) is 5.18. The van der Waals surface area contributed by atoms with E-state index in [0.717, 1.165) is 24.5 Å². The molecule has 0 bridgehead atoms. The van der Waals surface area contributed by atoms with Crippen LogP contribution in [0.25, 0.3) is 0 Å². The highest BCUT2D eigenvalue weighted by Crippen LogP contribution is 2.39. The van der Waals surface area contributed by atoms with Gasteiger partial charge in [0.05, 0.1) is 19.1 Å². The fourth-order valence-electron chi connectivity index (χ4n) is 3.12. The first-order valence-corrected chi connectivity index (χ1v) is 7.35. The lowest BCUT2D eigenvalue weighted by Gasteiger charge is -2.29. The Hall–Kier alpha value is -0.990. The van der Waals surface area contributed by atoms with E-state index in [1.165, 1.54) is 0 Å². The summed E-state index contributed by atoms with van der Waals surface area (Å²) < 4.78 is 28.5. The molecule has 1 unspecified atom stereocenters. The molecule has 1 N–H and O–H groups in total. The predicted molar refractivity (Wildman–Crippen MR) is 83.3 cm³/mol. The molecule has 1 atom stereocenters. The van der Waals surface area contributed by atoms with E-state index in [1.54, 1.807) is 4.90 Å². The van der Waals surface area contributed by atoms with E-state index in [2.05, 4.69) is 20.1 Å². The van der Waals surface area contributed by atoms with Crippen molar-refractivity contribution in [1.82, 2.24) is 25.0 Å². The molecule has 2 aliphatic heterocycles. The van der Waals surface area contributed by atoms with Crippen molar-refractivity contribution in [1.29, 1.82) is 0 Å². The molecule has 0 spiro atoms. The van der Waals surface area contributed by atoms with Crippen LogP contribution in [0.5, 0.6) is 0 Å². The Morgan fingerprint density at radius 2 is 1.96 bits per heavy atom. The standard InChI is InChI=1S/C13H17F2N5O.2ClH/c14-13(15)5-9(16-7-13)12(21)19-3-4-20-10(6-19)17-18-11(20)8-1-2-8;;/h8-9,16H,1-7H2;2*1H. The Morgan fingerprint density at radius 3 is 2.57 bits per heavy atom. The van der Waals surface area contributed by atoms with Crippen LogP contribution in [0.4, 0.5) is 8.78 Å². The van der Waals surface area contributed by atoms with Crippen LogP contribution in [-0.4, -0.2) is 50.6 Å². The summed E-state index contributed by atoms with van der Waals surface area (Å²) >= 11 is 0. The fraction of sp³-hybridized carbons (Fsp3) is 0.769. The average molecular weight is 370 g/mol. The number of alkyl halides is 2.